The lowest BCUT2D eigenvalue weighted by atomic mass is 10.1. The average Bonchev–Trinajstić information content (AvgIpc) is 3.71. The first kappa shape index (κ1) is 45.5. The van der Waals surface area contributed by atoms with Gasteiger partial charge in [-0.2, -0.15) is 4.68 Å². The van der Waals surface area contributed by atoms with Crippen LogP contribution in [-0.2, 0) is 41.7 Å². The Morgan fingerprint density at radius 1 is 0.947 bits per heavy atom. The van der Waals surface area contributed by atoms with Gasteiger partial charge in [-0.3, -0.25) is 5.32 Å². The smallest absolute Gasteiger partial charge is 0.413 e. The lowest BCUT2D eigenvalue weighted by Gasteiger charge is -2.23. The zero-order valence-corrected chi connectivity index (χ0v) is 34.5. The molecule has 0 bridgehead atoms. The van der Waals surface area contributed by atoms with E-state index in [1.807, 2.05) is 33.9 Å². The molecule has 0 radical (unpaired) electrons. The Morgan fingerprint density at radius 2 is 1.60 bits per heavy atom. The van der Waals surface area contributed by atoms with Crippen molar-refractivity contribution < 1.29 is 52.8 Å². The third kappa shape index (κ3) is 16.8. The van der Waals surface area contributed by atoms with Crippen LogP contribution < -0.4 is 20.1 Å². The van der Waals surface area contributed by atoms with E-state index in [4.69, 9.17) is 29.3 Å². The van der Waals surface area contributed by atoms with E-state index in [2.05, 4.69) is 30.8 Å². The predicted octanol–water partition coefficient (Wildman–Crippen LogP) is 6.46. The molecule has 20 heteroatoms. The Hall–Kier alpha value is -5.88. The molecule has 3 aromatic rings. The van der Waals surface area contributed by atoms with E-state index in [9.17, 15) is 24.3 Å². The molecule has 0 unspecified atom stereocenters. The molecule has 0 spiro atoms. The van der Waals surface area contributed by atoms with Crippen LogP contribution in [0.4, 0.5) is 14.7 Å². The van der Waals surface area contributed by atoms with E-state index in [0.717, 1.165) is 22.5 Å². The quantitative estimate of drug-likeness (QED) is 0.0145. The van der Waals surface area contributed by atoms with Crippen molar-refractivity contribution in [2.45, 2.75) is 111 Å². The summed E-state index contributed by atoms with van der Waals surface area (Å²) in [5, 5.41) is 23.9. The Morgan fingerprint density at radius 3 is 2.21 bits per heavy atom. The molecule has 19 nitrogen and oxygen atoms in total. The molecule has 3 rings (SSSR count). The van der Waals surface area contributed by atoms with Gasteiger partial charge in [-0.15, -0.1) is 16.0 Å². The highest BCUT2D eigenvalue weighted by atomic mass is 32.1. The molecule has 0 aliphatic heterocycles. The molecule has 0 fully saturated rings. The van der Waals surface area contributed by atoms with Gasteiger partial charge in [-0.1, -0.05) is 22.4 Å². The molecule has 0 saturated heterocycles. The van der Waals surface area contributed by atoms with Crippen molar-refractivity contribution in [2.24, 2.45) is 10.3 Å². The first-order valence-electron chi connectivity index (χ1n) is 18.1. The molecule has 0 aliphatic rings. The number of aliphatic carboxylic acids is 1. The van der Waals surface area contributed by atoms with Gasteiger partial charge in [0.15, 0.2) is 11.7 Å². The van der Waals surface area contributed by atoms with E-state index in [1.54, 1.807) is 74.4 Å². The van der Waals surface area contributed by atoms with Gasteiger partial charge in [-0.05, 0) is 92.0 Å². The van der Waals surface area contributed by atoms with Crippen LogP contribution in [0.25, 0.3) is 21.6 Å². The maximum absolute atomic E-state index is 13.1. The Kier molecular flexibility index (Phi) is 16.2. The molecule has 1 atom stereocenters. The van der Waals surface area contributed by atoms with Crippen LogP contribution in [0.5, 0.6) is 5.75 Å². The number of thiazole rings is 1. The summed E-state index contributed by atoms with van der Waals surface area (Å²) in [5.41, 5.74) is 7.42. The topological polar surface area (TPSA) is 242 Å². The van der Waals surface area contributed by atoms with E-state index in [0.29, 0.717) is 44.8 Å². The molecular weight excluding hydrogens is 763 g/mol. The van der Waals surface area contributed by atoms with Gasteiger partial charge < -0.3 is 34.2 Å². The number of nitrogens with one attached hydrogen (secondary N) is 2. The third-order valence-corrected chi connectivity index (χ3v) is 7.69. The number of esters is 1. The normalized spacial score (nSPS) is 12.5. The van der Waals surface area contributed by atoms with Gasteiger partial charge in [0.05, 0.1) is 18.3 Å². The largest absolute Gasteiger partial charge is 0.489 e. The summed E-state index contributed by atoms with van der Waals surface area (Å²) in [5.74, 6) is -1.96. The summed E-state index contributed by atoms with van der Waals surface area (Å²) in [7, 11) is 0. The Bertz CT molecular complexity index is 1920. The maximum atomic E-state index is 13.1. The standard InChI is InChI=1S/C37H51N9O10S/c1-35(2,3)53-31(49)28(56-43-29(30(47)48)27-23-57-32(41-27)42-34(51)55-37(7,8)9)22-52-26-14-12-24(13-15-26)25-20-45(46(21-25)19-11-17-40-44-38)18-10-16-39-33(50)54-36(4,5)6/h12-15,20-21,23,28H,10-11,16-19,22H2,1-9H3,(H2-,39,41,42,47,48,50,51)/p+1/b43-29+/t28-/m0/s1. The van der Waals surface area contributed by atoms with E-state index in [-0.39, 0.29) is 17.4 Å². The molecule has 2 amide bonds. The number of aromatic nitrogens is 3. The number of azide groups is 1. The molecule has 0 aliphatic carbocycles. The minimum Gasteiger partial charge on any atom is -0.489 e. The van der Waals surface area contributed by atoms with E-state index in [1.165, 1.54) is 5.38 Å². The first-order chi connectivity index (χ1) is 26.6. The zero-order valence-electron chi connectivity index (χ0n) is 33.7. The van der Waals surface area contributed by atoms with Crippen LogP contribution in [0.3, 0.4) is 0 Å². The summed E-state index contributed by atoms with van der Waals surface area (Å²) >= 11 is 0.943. The highest BCUT2D eigenvalue weighted by molar-refractivity contribution is 7.14. The highest BCUT2D eigenvalue weighted by Crippen LogP contribution is 2.23. The number of oxime groups is 1. The molecule has 2 aromatic heterocycles. The van der Waals surface area contributed by atoms with Crippen molar-refractivity contribution in [1.82, 2.24) is 15.0 Å². The van der Waals surface area contributed by atoms with Gasteiger partial charge in [0, 0.05) is 29.8 Å². The molecular formula is C37H52N9O10S+. The number of carbonyl (C=O) groups excluding carboxylic acids is 3. The third-order valence-electron chi connectivity index (χ3n) is 6.93. The predicted molar refractivity (Wildman–Crippen MR) is 210 cm³/mol. The van der Waals surface area contributed by atoms with Gasteiger partial charge in [0.1, 0.15) is 34.9 Å². The number of benzene rings is 1. The number of carboxylic acid groups (broad SMARTS) is 1. The molecule has 57 heavy (non-hydrogen) atoms. The van der Waals surface area contributed by atoms with Crippen molar-refractivity contribution in [3.63, 3.8) is 0 Å². The van der Waals surface area contributed by atoms with Crippen LogP contribution in [0.1, 0.15) is 80.8 Å². The minimum atomic E-state index is -1.49. The summed E-state index contributed by atoms with van der Waals surface area (Å²) < 4.78 is 25.9. The second kappa shape index (κ2) is 20.3. The van der Waals surface area contributed by atoms with Gasteiger partial charge in [0.2, 0.25) is 11.9 Å². The second-order valence-corrected chi connectivity index (χ2v) is 16.4. The van der Waals surface area contributed by atoms with Gasteiger partial charge in [0.25, 0.3) is 6.10 Å². The minimum absolute atomic E-state index is 0.0629. The number of carbonyl (C=O) groups is 4. The van der Waals surface area contributed by atoms with E-state index >= 15 is 0 Å². The van der Waals surface area contributed by atoms with Crippen LogP contribution >= 0.6 is 11.3 Å². The highest BCUT2D eigenvalue weighted by Gasteiger charge is 2.30. The summed E-state index contributed by atoms with van der Waals surface area (Å²) in [6.07, 6.45) is 2.46. The second-order valence-electron chi connectivity index (χ2n) is 15.5. The van der Waals surface area contributed by atoms with Crippen LogP contribution in [0.2, 0.25) is 0 Å². The van der Waals surface area contributed by atoms with Crippen molar-refractivity contribution in [3.8, 4) is 16.9 Å². The van der Waals surface area contributed by atoms with Crippen LogP contribution in [0.15, 0.2) is 52.3 Å². The number of rotatable bonds is 18. The van der Waals surface area contributed by atoms with Crippen molar-refractivity contribution in [1.29, 1.82) is 0 Å². The van der Waals surface area contributed by atoms with Gasteiger partial charge >= 0.3 is 24.1 Å². The zero-order chi connectivity index (χ0) is 42.4. The van der Waals surface area contributed by atoms with Crippen molar-refractivity contribution in [2.75, 3.05) is 25.0 Å². The number of hydrogen-bond acceptors (Lipinski definition) is 13. The number of amides is 2. The summed E-state index contributed by atoms with van der Waals surface area (Å²) in [6.45, 7) is 17.0. The molecule has 1 aromatic carbocycles. The number of hydrogen-bond donors (Lipinski definition) is 3. The van der Waals surface area contributed by atoms with Crippen molar-refractivity contribution in [3.05, 3.63) is 58.2 Å². The fraction of sp³-hybridized carbons (Fsp3) is 0.541. The SMILES string of the molecule is CC(C)(C)OC(=O)NCCCn1cc(-c2ccc(OC[C@H](O/N=C(/C(=O)O)c3csc(NC(=O)OC(C)(C)C)n3)C(=O)OC(C)(C)C)cc2)c[n+]1CCCN=[N+]=[N-]. The van der Waals surface area contributed by atoms with Crippen molar-refractivity contribution >= 4 is 46.3 Å². The average molecular weight is 815 g/mol. The summed E-state index contributed by atoms with van der Waals surface area (Å²) in [4.78, 5) is 61.8. The molecule has 2 heterocycles. The van der Waals surface area contributed by atoms with E-state index < -0.39 is 52.7 Å². The molecule has 3 N–H and O–H groups in total. The Balaban J connectivity index is 1.74. The van der Waals surface area contributed by atoms with Crippen LogP contribution in [0, 0.1) is 0 Å². The number of aryl methyl sites for hydroxylation is 2. The fourth-order valence-electron chi connectivity index (χ4n) is 4.70. The molecule has 310 valence electrons. The first-order valence-corrected chi connectivity index (χ1v) is 19.0. The maximum Gasteiger partial charge on any atom is 0.413 e. The number of ether oxygens (including phenoxy) is 4. The lowest BCUT2D eigenvalue weighted by molar-refractivity contribution is -0.775. The van der Waals surface area contributed by atoms with Crippen LogP contribution in [-0.4, -0.2) is 87.2 Å². The number of anilines is 1. The van der Waals surface area contributed by atoms with Gasteiger partial charge in [-0.25, -0.2) is 24.2 Å². The number of alkyl carbamates (subject to hydrolysis) is 1. The summed E-state index contributed by atoms with van der Waals surface area (Å²) in [6, 6.07) is 7.07. The Labute approximate surface area is 334 Å². The lowest BCUT2D eigenvalue weighted by Crippen LogP contribution is -2.43. The fourth-order valence-corrected chi connectivity index (χ4v) is 5.38. The number of nitrogens with zero attached hydrogens (tertiary/aromatic N) is 7. The number of carboxylic acids is 1. The monoisotopic (exact) mass is 814 g/mol. The molecule has 0 saturated carbocycles.